The van der Waals surface area contributed by atoms with E-state index in [4.69, 9.17) is 5.26 Å². The van der Waals surface area contributed by atoms with Crippen molar-refractivity contribution in [3.8, 4) is 6.07 Å². The van der Waals surface area contributed by atoms with Crippen molar-refractivity contribution in [1.82, 2.24) is 4.98 Å². The third-order valence-corrected chi connectivity index (χ3v) is 3.02. The topological polar surface area (TPSA) is 81.4 Å². The van der Waals surface area contributed by atoms with Crippen LogP contribution in [0.15, 0.2) is 39.3 Å². The molecule has 0 spiro atoms. The highest BCUT2D eigenvalue weighted by molar-refractivity contribution is 5.55. The molecule has 5 nitrogen and oxygen atoms in total. The Morgan fingerprint density at radius 1 is 1.10 bits per heavy atom. The Balaban J connectivity index is 2.46. The van der Waals surface area contributed by atoms with Crippen LogP contribution in [0.4, 0.5) is 11.4 Å². The molecule has 0 atom stereocenters. The van der Waals surface area contributed by atoms with Gasteiger partial charge in [0.05, 0.1) is 5.69 Å². The van der Waals surface area contributed by atoms with Crippen LogP contribution in [0.2, 0.25) is 0 Å². The standard InChI is InChI=1S/C15H14N4O/c1-9-4-6-12(7-5-9)18-19-14-10(2)13(8-16)15(20)17-11(14)3/h4-7H,1-3H3,(H,17,20). The lowest BCUT2D eigenvalue weighted by atomic mass is 10.1. The number of aromatic nitrogens is 1. The molecule has 0 aliphatic carbocycles. The molecule has 0 aliphatic heterocycles. The van der Waals surface area contributed by atoms with E-state index in [0.717, 1.165) is 11.3 Å². The molecule has 0 radical (unpaired) electrons. The Kier molecular flexibility index (Phi) is 3.76. The predicted octanol–water partition coefficient (Wildman–Crippen LogP) is 3.59. The van der Waals surface area contributed by atoms with E-state index in [0.29, 0.717) is 16.9 Å². The second-order valence-electron chi connectivity index (χ2n) is 4.58. The van der Waals surface area contributed by atoms with E-state index < -0.39 is 5.56 Å². The van der Waals surface area contributed by atoms with Crippen molar-refractivity contribution in [3.63, 3.8) is 0 Å². The highest BCUT2D eigenvalue weighted by atomic mass is 16.1. The highest BCUT2D eigenvalue weighted by Gasteiger charge is 2.11. The molecule has 0 aliphatic rings. The zero-order valence-corrected chi connectivity index (χ0v) is 11.6. The minimum Gasteiger partial charge on any atom is -0.323 e. The normalized spacial score (nSPS) is 10.7. The molecular formula is C15H14N4O. The lowest BCUT2D eigenvalue weighted by Gasteiger charge is -2.04. The van der Waals surface area contributed by atoms with Gasteiger partial charge >= 0.3 is 0 Å². The number of H-pyrrole nitrogens is 1. The van der Waals surface area contributed by atoms with Crippen LogP contribution in [0.25, 0.3) is 0 Å². The van der Waals surface area contributed by atoms with Gasteiger partial charge in [0.25, 0.3) is 5.56 Å². The summed E-state index contributed by atoms with van der Waals surface area (Å²) < 4.78 is 0. The Hall–Kier alpha value is -2.74. The molecule has 5 heteroatoms. The largest absolute Gasteiger partial charge is 0.323 e. The van der Waals surface area contributed by atoms with Crippen LogP contribution in [0.3, 0.4) is 0 Å². The predicted molar refractivity (Wildman–Crippen MR) is 76.6 cm³/mol. The van der Waals surface area contributed by atoms with Gasteiger partial charge in [0.2, 0.25) is 0 Å². The molecule has 0 amide bonds. The number of nitrogens with one attached hydrogen (secondary N) is 1. The van der Waals surface area contributed by atoms with Gasteiger partial charge in [-0.2, -0.15) is 10.4 Å². The van der Waals surface area contributed by atoms with Crippen molar-refractivity contribution >= 4 is 11.4 Å². The zero-order chi connectivity index (χ0) is 14.7. The molecule has 0 fully saturated rings. The number of benzene rings is 1. The van der Waals surface area contributed by atoms with Gasteiger partial charge in [0, 0.05) is 11.3 Å². The maximum Gasteiger partial charge on any atom is 0.266 e. The molecule has 20 heavy (non-hydrogen) atoms. The summed E-state index contributed by atoms with van der Waals surface area (Å²) in [5.74, 6) is 0. The summed E-state index contributed by atoms with van der Waals surface area (Å²) in [4.78, 5) is 14.2. The van der Waals surface area contributed by atoms with Crippen LogP contribution in [-0.4, -0.2) is 4.98 Å². The molecule has 0 saturated carbocycles. The third kappa shape index (κ3) is 2.64. The minimum absolute atomic E-state index is 0.0773. The number of hydrogen-bond donors (Lipinski definition) is 1. The average molecular weight is 266 g/mol. The van der Waals surface area contributed by atoms with Gasteiger partial charge in [-0.25, -0.2) is 0 Å². The number of aromatic amines is 1. The summed E-state index contributed by atoms with van der Waals surface area (Å²) in [5, 5.41) is 17.3. The Labute approximate surface area is 116 Å². The van der Waals surface area contributed by atoms with Gasteiger partial charge in [0.15, 0.2) is 0 Å². The molecule has 0 bridgehead atoms. The molecule has 1 heterocycles. The van der Waals surface area contributed by atoms with Crippen LogP contribution in [0.5, 0.6) is 0 Å². The van der Waals surface area contributed by atoms with Crippen molar-refractivity contribution in [3.05, 3.63) is 57.0 Å². The molecule has 2 aromatic rings. The van der Waals surface area contributed by atoms with Gasteiger partial charge in [-0.05, 0) is 32.9 Å². The fourth-order valence-electron chi connectivity index (χ4n) is 1.87. The summed E-state index contributed by atoms with van der Waals surface area (Å²) in [5.41, 5.74) is 3.23. The van der Waals surface area contributed by atoms with Crippen LogP contribution in [0.1, 0.15) is 22.4 Å². The Bertz CT molecular complexity index is 764. The van der Waals surface area contributed by atoms with Gasteiger partial charge in [-0.1, -0.05) is 17.7 Å². The van der Waals surface area contributed by atoms with Crippen molar-refractivity contribution < 1.29 is 0 Å². The molecular weight excluding hydrogens is 252 g/mol. The zero-order valence-electron chi connectivity index (χ0n) is 11.6. The second-order valence-corrected chi connectivity index (χ2v) is 4.58. The third-order valence-electron chi connectivity index (χ3n) is 3.02. The van der Waals surface area contributed by atoms with E-state index in [1.165, 1.54) is 0 Å². The van der Waals surface area contributed by atoms with E-state index in [9.17, 15) is 4.79 Å². The fraction of sp³-hybridized carbons (Fsp3) is 0.200. The number of pyridine rings is 1. The van der Waals surface area contributed by atoms with Gasteiger partial charge in [0.1, 0.15) is 17.3 Å². The first-order valence-electron chi connectivity index (χ1n) is 6.15. The van der Waals surface area contributed by atoms with Crippen LogP contribution < -0.4 is 5.56 Å². The number of azo groups is 1. The smallest absolute Gasteiger partial charge is 0.266 e. The maximum absolute atomic E-state index is 11.6. The quantitative estimate of drug-likeness (QED) is 0.843. The monoisotopic (exact) mass is 266 g/mol. The molecule has 1 aromatic carbocycles. The summed E-state index contributed by atoms with van der Waals surface area (Å²) in [6.07, 6.45) is 0. The van der Waals surface area contributed by atoms with Gasteiger partial charge < -0.3 is 4.98 Å². The van der Waals surface area contributed by atoms with Crippen LogP contribution >= 0.6 is 0 Å². The highest BCUT2D eigenvalue weighted by Crippen LogP contribution is 2.25. The van der Waals surface area contributed by atoms with Crippen molar-refractivity contribution in [2.45, 2.75) is 20.8 Å². The Morgan fingerprint density at radius 3 is 2.35 bits per heavy atom. The van der Waals surface area contributed by atoms with E-state index in [1.54, 1.807) is 13.8 Å². The first-order valence-corrected chi connectivity index (χ1v) is 6.15. The summed E-state index contributed by atoms with van der Waals surface area (Å²) in [6, 6.07) is 9.51. The van der Waals surface area contributed by atoms with Crippen LogP contribution in [-0.2, 0) is 0 Å². The summed E-state index contributed by atoms with van der Waals surface area (Å²) >= 11 is 0. The molecule has 1 N–H and O–H groups in total. The summed E-state index contributed by atoms with van der Waals surface area (Å²) in [7, 11) is 0. The van der Waals surface area contributed by atoms with E-state index >= 15 is 0 Å². The number of nitrogens with zero attached hydrogens (tertiary/aromatic N) is 3. The Morgan fingerprint density at radius 2 is 1.75 bits per heavy atom. The molecule has 1 aromatic heterocycles. The lowest BCUT2D eigenvalue weighted by molar-refractivity contribution is 1.07. The van der Waals surface area contributed by atoms with E-state index in [-0.39, 0.29) is 5.56 Å². The van der Waals surface area contributed by atoms with E-state index in [2.05, 4.69) is 15.2 Å². The van der Waals surface area contributed by atoms with Gasteiger partial charge in [-0.3, -0.25) is 4.79 Å². The number of nitriles is 1. The molecule has 2 rings (SSSR count). The number of hydrogen-bond acceptors (Lipinski definition) is 4. The minimum atomic E-state index is -0.392. The number of rotatable bonds is 2. The first kappa shape index (κ1) is 13.7. The molecule has 100 valence electrons. The SMILES string of the molecule is Cc1ccc(N=Nc2c(C)[nH]c(=O)c(C#N)c2C)cc1. The van der Waals surface area contributed by atoms with Crippen molar-refractivity contribution in [2.24, 2.45) is 10.2 Å². The molecule has 0 saturated heterocycles. The number of aryl methyl sites for hydroxylation is 2. The summed E-state index contributed by atoms with van der Waals surface area (Å²) in [6.45, 7) is 5.43. The van der Waals surface area contributed by atoms with E-state index in [1.807, 2.05) is 37.3 Å². The van der Waals surface area contributed by atoms with Gasteiger partial charge in [-0.15, -0.1) is 5.11 Å². The van der Waals surface area contributed by atoms with Crippen molar-refractivity contribution in [1.29, 1.82) is 5.26 Å². The maximum atomic E-state index is 11.6. The van der Waals surface area contributed by atoms with Crippen LogP contribution in [0, 0.1) is 32.1 Å². The first-order chi connectivity index (χ1) is 9.52. The fourth-order valence-corrected chi connectivity index (χ4v) is 1.87. The molecule has 0 unspecified atom stereocenters. The second kappa shape index (κ2) is 5.49. The lowest BCUT2D eigenvalue weighted by Crippen LogP contribution is -2.13. The average Bonchev–Trinajstić information content (AvgIpc) is 2.40. The van der Waals surface area contributed by atoms with Crippen molar-refractivity contribution in [2.75, 3.05) is 0 Å².